The summed E-state index contributed by atoms with van der Waals surface area (Å²) in [6, 6.07) is 14.4. The molecular weight excluding hydrogens is 612 g/mol. The fourth-order valence-electron chi connectivity index (χ4n) is 4.96. The number of carbonyl (C=O) groups excluding carboxylic acids is 2. The maximum absolute atomic E-state index is 13.7. The van der Waals surface area contributed by atoms with Crippen molar-refractivity contribution in [3.8, 4) is 17.2 Å². The number of hydrogen-bond donors (Lipinski definition) is 3. The Morgan fingerprint density at radius 1 is 1.11 bits per heavy atom. The third kappa shape index (κ3) is 6.55. The molecule has 0 bridgehead atoms. The van der Waals surface area contributed by atoms with Gasteiger partial charge in [0.25, 0.3) is 5.91 Å². The van der Waals surface area contributed by atoms with Gasteiger partial charge >= 0.3 is 6.03 Å². The Kier molecular flexibility index (Phi) is 9.20. The average molecular weight is 645 g/mol. The number of hydrogen-bond acceptors (Lipinski definition) is 8. The summed E-state index contributed by atoms with van der Waals surface area (Å²) in [5.41, 5.74) is 0.810. The summed E-state index contributed by atoms with van der Waals surface area (Å²) in [6.45, 7) is 3.50. The van der Waals surface area contributed by atoms with E-state index in [1.54, 1.807) is 43.3 Å². The molecular formula is C30H33ClN4O8S. The summed E-state index contributed by atoms with van der Waals surface area (Å²) in [7, 11) is -2.47. The van der Waals surface area contributed by atoms with Crippen LogP contribution in [0.5, 0.6) is 17.2 Å². The highest BCUT2D eigenvalue weighted by Crippen LogP contribution is 2.37. The van der Waals surface area contributed by atoms with Gasteiger partial charge in [-0.15, -0.1) is 0 Å². The number of carbonyl (C=O) groups is 2. The Bertz CT molecular complexity index is 1650. The molecule has 2 aliphatic heterocycles. The maximum Gasteiger partial charge on any atom is 0.323 e. The van der Waals surface area contributed by atoms with E-state index in [2.05, 4.69) is 10.6 Å². The molecule has 0 saturated heterocycles. The van der Waals surface area contributed by atoms with E-state index in [1.807, 2.05) is 6.92 Å². The van der Waals surface area contributed by atoms with Gasteiger partial charge in [0.15, 0.2) is 17.2 Å². The summed E-state index contributed by atoms with van der Waals surface area (Å²) >= 11 is 5.96. The highest BCUT2D eigenvalue weighted by molar-refractivity contribution is 7.89. The van der Waals surface area contributed by atoms with Crippen LogP contribution >= 0.6 is 11.6 Å². The van der Waals surface area contributed by atoms with Crippen LogP contribution in [0.2, 0.25) is 5.02 Å². The summed E-state index contributed by atoms with van der Waals surface area (Å²) in [4.78, 5) is 28.4. The van der Waals surface area contributed by atoms with Gasteiger partial charge in [-0.05, 0) is 55.5 Å². The van der Waals surface area contributed by atoms with Gasteiger partial charge in [0.05, 0.1) is 35.3 Å². The number of benzene rings is 3. The minimum absolute atomic E-state index is 0.0662. The first-order valence-electron chi connectivity index (χ1n) is 13.9. The summed E-state index contributed by atoms with van der Waals surface area (Å²) in [6.07, 6.45) is -0.748. The van der Waals surface area contributed by atoms with Crippen molar-refractivity contribution in [1.29, 1.82) is 0 Å². The first-order chi connectivity index (χ1) is 21.0. The molecule has 5 rings (SSSR count). The van der Waals surface area contributed by atoms with Gasteiger partial charge in [-0.1, -0.05) is 24.6 Å². The van der Waals surface area contributed by atoms with Crippen LogP contribution in [0.15, 0.2) is 65.6 Å². The second-order valence-electron chi connectivity index (χ2n) is 10.7. The molecule has 3 atom stereocenters. The number of para-hydroxylation sites is 1. The minimum atomic E-state index is -3.92. The first-order valence-corrected chi connectivity index (χ1v) is 15.7. The lowest BCUT2D eigenvalue weighted by atomic mass is 9.99. The molecule has 44 heavy (non-hydrogen) atoms. The summed E-state index contributed by atoms with van der Waals surface area (Å²) in [5.74, 6) is 0.377. The van der Waals surface area contributed by atoms with Gasteiger partial charge in [-0.3, -0.25) is 4.79 Å². The Morgan fingerprint density at radius 2 is 1.84 bits per heavy atom. The van der Waals surface area contributed by atoms with Crippen LogP contribution in [0.1, 0.15) is 24.2 Å². The zero-order valence-corrected chi connectivity index (χ0v) is 25.9. The van der Waals surface area contributed by atoms with E-state index in [-0.39, 0.29) is 54.3 Å². The van der Waals surface area contributed by atoms with Crippen molar-refractivity contribution in [2.45, 2.75) is 30.9 Å². The van der Waals surface area contributed by atoms with Crippen LogP contribution in [-0.2, 0) is 10.0 Å². The van der Waals surface area contributed by atoms with Crippen LogP contribution < -0.4 is 24.8 Å². The fourth-order valence-corrected chi connectivity index (χ4v) is 6.27. The van der Waals surface area contributed by atoms with Gasteiger partial charge in [-0.25, -0.2) is 13.2 Å². The maximum atomic E-state index is 13.7. The predicted octanol–water partition coefficient (Wildman–Crippen LogP) is 4.25. The molecule has 0 radical (unpaired) electrons. The van der Waals surface area contributed by atoms with Gasteiger partial charge < -0.3 is 34.9 Å². The molecule has 234 valence electrons. The number of nitrogens with zero attached hydrogens (tertiary/aromatic N) is 2. The number of sulfonamides is 1. The number of halogens is 1. The number of nitrogens with one attached hydrogen (secondary N) is 2. The highest BCUT2D eigenvalue weighted by Gasteiger charge is 2.36. The summed E-state index contributed by atoms with van der Waals surface area (Å²) < 4.78 is 45.1. The lowest BCUT2D eigenvalue weighted by Gasteiger charge is -2.38. The van der Waals surface area contributed by atoms with Gasteiger partial charge in [-0.2, -0.15) is 4.31 Å². The number of likely N-dealkylation sites (N-methyl/N-ethyl adjacent to an activating group) is 1. The number of aliphatic hydroxyl groups excluding tert-OH is 1. The minimum Gasteiger partial charge on any atom is -0.486 e. The number of anilines is 2. The number of fused-ring (bicyclic) bond motifs is 2. The van der Waals surface area contributed by atoms with E-state index >= 15 is 0 Å². The molecule has 0 unspecified atom stereocenters. The van der Waals surface area contributed by atoms with Gasteiger partial charge in [0, 0.05) is 36.3 Å². The van der Waals surface area contributed by atoms with Crippen LogP contribution in [0.4, 0.5) is 16.2 Å². The number of urea groups is 1. The number of ether oxygens (including phenoxy) is 3. The molecule has 3 N–H and O–H groups in total. The zero-order valence-electron chi connectivity index (χ0n) is 24.3. The van der Waals surface area contributed by atoms with E-state index in [0.717, 1.165) is 0 Å². The highest BCUT2D eigenvalue weighted by atomic mass is 35.5. The Labute approximate surface area is 260 Å². The number of aliphatic hydroxyl groups is 1. The quantitative estimate of drug-likeness (QED) is 0.330. The van der Waals surface area contributed by atoms with E-state index < -0.39 is 34.1 Å². The Morgan fingerprint density at radius 3 is 2.57 bits per heavy atom. The number of rotatable bonds is 8. The van der Waals surface area contributed by atoms with E-state index in [1.165, 1.54) is 40.5 Å². The molecule has 3 amide bonds. The van der Waals surface area contributed by atoms with Crippen molar-refractivity contribution in [2.75, 3.05) is 44.2 Å². The monoisotopic (exact) mass is 644 g/mol. The molecule has 12 nitrogen and oxygen atoms in total. The van der Waals surface area contributed by atoms with Crippen LogP contribution in [0.3, 0.4) is 0 Å². The van der Waals surface area contributed by atoms with Crippen molar-refractivity contribution in [1.82, 2.24) is 9.21 Å². The topological polar surface area (TPSA) is 147 Å². The third-order valence-electron chi connectivity index (χ3n) is 7.53. The van der Waals surface area contributed by atoms with E-state index in [9.17, 15) is 23.1 Å². The van der Waals surface area contributed by atoms with E-state index in [4.69, 9.17) is 25.8 Å². The number of amides is 3. The van der Waals surface area contributed by atoms with Crippen molar-refractivity contribution in [2.24, 2.45) is 5.92 Å². The molecule has 0 aliphatic carbocycles. The molecule has 3 aromatic carbocycles. The van der Waals surface area contributed by atoms with Crippen LogP contribution in [0.25, 0.3) is 0 Å². The van der Waals surface area contributed by atoms with Crippen molar-refractivity contribution >= 4 is 44.9 Å². The van der Waals surface area contributed by atoms with Gasteiger partial charge in [0.2, 0.25) is 16.8 Å². The molecule has 0 saturated carbocycles. The first kappa shape index (κ1) is 31.4. The standard InChI is InChI=1S/C30H33ClN4O8S/c1-18-14-35(19(2)16-36)29(37)23-5-4-6-24(33-30(38)32-21-9-12-25-26(13-21)42-17-41-25)28(23)43-27(18)15-34(3)44(39,40)22-10-7-20(31)8-11-22/h4-13,18-19,27,36H,14-17H2,1-3H3,(H2,32,33,38)/t18-,19-,27+/m1/s1. The normalized spacial score (nSPS) is 18.6. The Balaban J connectivity index is 1.45. The average Bonchev–Trinajstić information content (AvgIpc) is 3.47. The lowest BCUT2D eigenvalue weighted by molar-refractivity contribution is 0.0389. The molecule has 3 aromatic rings. The lowest BCUT2D eigenvalue weighted by Crippen LogP contribution is -2.50. The third-order valence-corrected chi connectivity index (χ3v) is 9.62. The molecule has 2 aliphatic rings. The van der Waals surface area contributed by atoms with E-state index in [0.29, 0.717) is 22.2 Å². The van der Waals surface area contributed by atoms with Crippen molar-refractivity contribution in [3.05, 3.63) is 71.2 Å². The fraction of sp³-hybridized carbons (Fsp3) is 0.333. The van der Waals surface area contributed by atoms with Crippen molar-refractivity contribution < 1.29 is 37.3 Å². The van der Waals surface area contributed by atoms with Crippen LogP contribution in [0, 0.1) is 5.92 Å². The second kappa shape index (κ2) is 12.9. The molecule has 0 fully saturated rings. The molecule has 0 spiro atoms. The van der Waals surface area contributed by atoms with Crippen LogP contribution in [-0.4, -0.2) is 80.4 Å². The molecule has 0 aromatic heterocycles. The largest absolute Gasteiger partial charge is 0.486 e. The smallest absolute Gasteiger partial charge is 0.323 e. The molecule has 2 heterocycles. The van der Waals surface area contributed by atoms with Gasteiger partial charge in [0.1, 0.15) is 6.10 Å². The SMILES string of the molecule is C[C@@H]1CN([C@H](C)CO)C(=O)c2cccc(NC(=O)Nc3ccc4c(c3)OCO4)c2O[C@H]1CN(C)S(=O)(=O)c1ccc(Cl)cc1. The second-order valence-corrected chi connectivity index (χ2v) is 13.2. The van der Waals surface area contributed by atoms with Crippen molar-refractivity contribution in [3.63, 3.8) is 0 Å². The Hall–Kier alpha value is -4.04. The zero-order chi connectivity index (χ0) is 31.6. The summed E-state index contributed by atoms with van der Waals surface area (Å²) in [5, 5.41) is 15.8. The molecule has 14 heteroatoms. The predicted molar refractivity (Wildman–Crippen MR) is 164 cm³/mol.